The van der Waals surface area contributed by atoms with Gasteiger partial charge in [-0.25, -0.2) is 17.6 Å². The highest BCUT2D eigenvalue weighted by Gasteiger charge is 2.25. The summed E-state index contributed by atoms with van der Waals surface area (Å²) in [5.41, 5.74) is 6.68. The molecular weight excluding hydrogens is 364 g/mol. The predicted octanol–water partition coefficient (Wildman–Crippen LogP) is 4.46. The molecule has 0 aliphatic rings. The summed E-state index contributed by atoms with van der Waals surface area (Å²) in [5, 5.41) is 3.00. The van der Waals surface area contributed by atoms with Gasteiger partial charge in [-0.1, -0.05) is 32.4 Å². The number of ketones is 1. The Bertz CT molecular complexity index is 717. The van der Waals surface area contributed by atoms with Crippen molar-refractivity contribution in [2.24, 2.45) is 5.84 Å². The molecule has 0 amide bonds. The second-order valence-corrected chi connectivity index (χ2v) is 5.25. The maximum Gasteiger partial charge on any atom is 0.185 e. The second-order valence-electron chi connectivity index (χ2n) is 5.25. The van der Waals surface area contributed by atoms with Gasteiger partial charge in [-0.05, 0) is 19.1 Å². The molecule has 0 aromatic heterocycles. The number of rotatable bonds is 3. The Morgan fingerprint density at radius 2 is 1.37 bits per heavy atom. The molecule has 0 radical (unpaired) electrons. The second kappa shape index (κ2) is 11.7. The molecule has 0 saturated carbocycles. The Kier molecular flexibility index (Phi) is 10.5. The lowest BCUT2D eigenvalue weighted by Gasteiger charge is -2.06. The van der Waals surface area contributed by atoms with Gasteiger partial charge in [0.05, 0.1) is 16.9 Å². The third-order valence-electron chi connectivity index (χ3n) is 3.00. The van der Waals surface area contributed by atoms with Crippen LogP contribution in [0.3, 0.4) is 0 Å². The molecule has 0 atom stereocenters. The highest BCUT2D eigenvalue weighted by molar-refractivity contribution is 5.95. The molecule has 0 saturated heterocycles. The zero-order chi connectivity index (χ0) is 21.1. The summed E-state index contributed by atoms with van der Waals surface area (Å²) in [5.74, 6) is -2.93. The third kappa shape index (κ3) is 6.45. The number of hydrogen-bond acceptors (Lipinski definition) is 5. The number of nitrogen functional groups attached to an aromatic ring is 2. The largest absolute Gasteiger partial charge is 0.394 e. The molecule has 0 unspecified atom stereocenters. The molecule has 9 heteroatoms. The first kappa shape index (κ1) is 24.2. The van der Waals surface area contributed by atoms with Crippen LogP contribution in [-0.2, 0) is 0 Å². The van der Waals surface area contributed by atoms with E-state index in [0.29, 0.717) is 0 Å². The number of carbonyl (C=O) groups excluding carboxylic acids is 1. The van der Waals surface area contributed by atoms with Crippen LogP contribution in [0.15, 0.2) is 24.3 Å². The van der Waals surface area contributed by atoms with Gasteiger partial charge in [0.25, 0.3) is 0 Å². The topological polar surface area (TPSA) is 93.2 Å². The molecular formula is C18H24F4N4O. The minimum absolute atomic E-state index is 0.788. The number of hydrogen-bond donors (Lipinski definition) is 4. The molecule has 0 fully saturated rings. The van der Waals surface area contributed by atoms with Crippen LogP contribution < -0.4 is 22.3 Å². The van der Waals surface area contributed by atoms with Crippen LogP contribution in [-0.4, -0.2) is 12.8 Å². The van der Waals surface area contributed by atoms with E-state index in [1.807, 2.05) is 31.3 Å². The average molecular weight is 388 g/mol. The number of anilines is 3. The van der Waals surface area contributed by atoms with Crippen molar-refractivity contribution in [2.45, 2.75) is 27.2 Å². The molecule has 6 N–H and O–H groups in total. The van der Waals surface area contributed by atoms with Gasteiger partial charge < -0.3 is 16.5 Å². The van der Waals surface area contributed by atoms with Gasteiger partial charge in [0.15, 0.2) is 29.1 Å². The zero-order valence-electron chi connectivity index (χ0n) is 15.6. The van der Waals surface area contributed by atoms with E-state index >= 15 is 0 Å². The van der Waals surface area contributed by atoms with E-state index in [1.54, 1.807) is 0 Å². The van der Waals surface area contributed by atoms with Crippen LogP contribution in [0, 0.1) is 23.3 Å². The van der Waals surface area contributed by atoms with E-state index < -0.39 is 40.3 Å². The Balaban J connectivity index is 0.000000455. The minimum atomic E-state index is -1.77. The van der Waals surface area contributed by atoms with E-state index in [1.165, 1.54) is 6.42 Å². The minimum Gasteiger partial charge on any atom is -0.394 e. The normalized spacial score (nSPS) is 9.37. The van der Waals surface area contributed by atoms with Crippen molar-refractivity contribution >= 4 is 22.8 Å². The first-order valence-electron chi connectivity index (χ1n) is 8.03. The third-order valence-corrected chi connectivity index (χ3v) is 3.00. The summed E-state index contributed by atoms with van der Waals surface area (Å²) < 4.78 is 51.2. The van der Waals surface area contributed by atoms with Crippen LogP contribution in [0.5, 0.6) is 0 Å². The number of halogens is 4. The van der Waals surface area contributed by atoms with Crippen LogP contribution in [0.2, 0.25) is 0 Å². The molecule has 5 nitrogen and oxygen atoms in total. The van der Waals surface area contributed by atoms with Gasteiger partial charge in [-0.3, -0.25) is 10.6 Å². The number of Topliss-reactive ketones (excluding diaryl/α,β-unsaturated/α-hetero) is 1. The van der Waals surface area contributed by atoms with E-state index in [-0.39, 0.29) is 0 Å². The summed E-state index contributed by atoms with van der Waals surface area (Å²) in [6.07, 6.45) is 1.25. The van der Waals surface area contributed by atoms with Crippen molar-refractivity contribution in [2.75, 3.05) is 23.5 Å². The molecule has 0 aliphatic heterocycles. The van der Waals surface area contributed by atoms with E-state index in [0.717, 1.165) is 18.3 Å². The van der Waals surface area contributed by atoms with E-state index in [9.17, 15) is 22.4 Å². The van der Waals surface area contributed by atoms with Crippen molar-refractivity contribution in [3.63, 3.8) is 0 Å². The quantitative estimate of drug-likeness (QED) is 0.156. The first-order valence-corrected chi connectivity index (χ1v) is 8.03. The van der Waals surface area contributed by atoms with Crippen LogP contribution >= 0.6 is 0 Å². The van der Waals surface area contributed by atoms with Crippen LogP contribution in [0.4, 0.5) is 34.6 Å². The Morgan fingerprint density at radius 1 is 0.963 bits per heavy atom. The van der Waals surface area contributed by atoms with Crippen molar-refractivity contribution in [3.05, 3.63) is 53.1 Å². The molecule has 0 aliphatic carbocycles. The summed E-state index contributed by atoms with van der Waals surface area (Å²) in [7, 11) is 1.86. The monoisotopic (exact) mass is 388 g/mol. The van der Waals surface area contributed by atoms with Gasteiger partial charge in [-0.2, -0.15) is 0 Å². The molecule has 0 spiro atoms. The fraction of sp³-hybridized carbons (Fsp3) is 0.278. The van der Waals surface area contributed by atoms with Crippen molar-refractivity contribution in [1.82, 2.24) is 0 Å². The molecule has 2 aromatic carbocycles. The number of nitrogens with two attached hydrogens (primary N) is 2. The fourth-order valence-electron chi connectivity index (χ4n) is 1.78. The molecule has 27 heavy (non-hydrogen) atoms. The number of nitrogens with one attached hydrogen (secondary N) is 2. The van der Waals surface area contributed by atoms with Gasteiger partial charge >= 0.3 is 0 Å². The Hall–Kier alpha value is -2.81. The Morgan fingerprint density at radius 3 is 1.67 bits per heavy atom. The van der Waals surface area contributed by atoms with Gasteiger partial charge in [0, 0.05) is 7.05 Å². The summed E-state index contributed by atoms with van der Waals surface area (Å²) in [6, 6.07) is 7.74. The number of benzene rings is 2. The lowest BCUT2D eigenvalue weighted by molar-refractivity contribution is 0.100. The summed E-state index contributed by atoms with van der Waals surface area (Å²) >= 11 is 0. The van der Waals surface area contributed by atoms with E-state index in [4.69, 9.17) is 11.6 Å². The summed E-state index contributed by atoms with van der Waals surface area (Å²) in [6.45, 7) is 5.04. The maximum absolute atomic E-state index is 12.9. The predicted molar refractivity (Wildman–Crippen MR) is 100 cm³/mol. The van der Waals surface area contributed by atoms with Crippen molar-refractivity contribution < 1.29 is 22.4 Å². The molecule has 2 aromatic rings. The number of para-hydroxylation sites is 2. The van der Waals surface area contributed by atoms with Crippen molar-refractivity contribution in [3.8, 4) is 0 Å². The first-order chi connectivity index (χ1) is 12.7. The summed E-state index contributed by atoms with van der Waals surface area (Å²) in [4.78, 5) is 10.6. The van der Waals surface area contributed by atoms with Crippen LogP contribution in [0.25, 0.3) is 0 Å². The maximum atomic E-state index is 12.9. The number of carbonyl (C=O) groups is 1. The van der Waals surface area contributed by atoms with Crippen LogP contribution in [0.1, 0.15) is 37.6 Å². The molecule has 2 rings (SSSR count). The number of hydrazine groups is 1. The Labute approximate surface area is 155 Å². The molecule has 0 bridgehead atoms. The SMILES string of the molecule is CC(=O)c1c(F)c(F)c(N)c(F)c1F.CCC.CNc1ccccc1NN. The lowest BCUT2D eigenvalue weighted by atomic mass is 10.1. The highest BCUT2D eigenvalue weighted by Crippen LogP contribution is 2.25. The van der Waals surface area contributed by atoms with Gasteiger partial charge in [0.1, 0.15) is 5.69 Å². The van der Waals surface area contributed by atoms with Gasteiger partial charge in [-0.15, -0.1) is 0 Å². The molecule has 150 valence electrons. The van der Waals surface area contributed by atoms with Crippen molar-refractivity contribution in [1.29, 1.82) is 0 Å². The smallest absolute Gasteiger partial charge is 0.185 e. The lowest BCUT2D eigenvalue weighted by Crippen LogP contribution is -2.10. The van der Waals surface area contributed by atoms with E-state index in [2.05, 4.69) is 24.6 Å². The fourth-order valence-corrected chi connectivity index (χ4v) is 1.78. The zero-order valence-corrected chi connectivity index (χ0v) is 15.6. The van der Waals surface area contributed by atoms with Gasteiger partial charge in [0.2, 0.25) is 0 Å². The molecule has 0 heterocycles. The average Bonchev–Trinajstić information content (AvgIpc) is 2.65. The standard InChI is InChI=1S/C8H5F4NO.C7H11N3.C3H8/c1-2(14)3-4(9)6(11)8(13)7(12)5(3)10;1-9-6-4-2-3-5-7(6)10-8;1-3-2/h13H2,1H3;2-5,9-10H,8H2,1H3;3H2,1-2H3. The highest BCUT2D eigenvalue weighted by atomic mass is 19.2.